The lowest BCUT2D eigenvalue weighted by molar-refractivity contribution is -0.123. The molecule has 5 heteroatoms. The second-order valence-corrected chi connectivity index (χ2v) is 5.43. The molecular formula is C14H14ClNO2S. The van der Waals surface area contributed by atoms with E-state index in [1.807, 2.05) is 30.5 Å². The van der Waals surface area contributed by atoms with E-state index < -0.39 is 0 Å². The van der Waals surface area contributed by atoms with Crippen molar-refractivity contribution in [1.82, 2.24) is 5.32 Å². The number of hydrogen-bond donors (Lipinski definition) is 1. The standard InChI is InChI=1S/C14H14ClNO2S/c1-10-6-7-19-13(10)8-16-14(17)9-18-12-5-3-2-4-11(12)15/h2-7H,8-9H2,1H3,(H,16,17). The zero-order valence-corrected chi connectivity index (χ0v) is 12.1. The van der Waals surface area contributed by atoms with Crippen molar-refractivity contribution in [2.45, 2.75) is 13.5 Å². The van der Waals surface area contributed by atoms with E-state index in [1.54, 1.807) is 23.5 Å². The summed E-state index contributed by atoms with van der Waals surface area (Å²) in [4.78, 5) is 12.8. The van der Waals surface area contributed by atoms with Crippen molar-refractivity contribution in [3.8, 4) is 5.75 Å². The Bertz CT molecular complexity index is 568. The van der Waals surface area contributed by atoms with Crippen LogP contribution in [0.2, 0.25) is 5.02 Å². The topological polar surface area (TPSA) is 38.3 Å². The number of ether oxygens (including phenoxy) is 1. The van der Waals surface area contributed by atoms with Crippen LogP contribution in [0.15, 0.2) is 35.7 Å². The number of benzene rings is 1. The fourth-order valence-electron chi connectivity index (χ4n) is 1.52. The first kappa shape index (κ1) is 13.9. The number of rotatable bonds is 5. The zero-order valence-electron chi connectivity index (χ0n) is 10.5. The van der Waals surface area contributed by atoms with Crippen LogP contribution in [-0.4, -0.2) is 12.5 Å². The van der Waals surface area contributed by atoms with Gasteiger partial charge in [0.05, 0.1) is 11.6 Å². The molecule has 1 heterocycles. The van der Waals surface area contributed by atoms with Gasteiger partial charge in [-0.2, -0.15) is 0 Å². The van der Waals surface area contributed by atoms with Crippen LogP contribution in [0.5, 0.6) is 5.75 Å². The average molecular weight is 296 g/mol. The number of amides is 1. The van der Waals surface area contributed by atoms with E-state index in [2.05, 4.69) is 5.32 Å². The summed E-state index contributed by atoms with van der Waals surface area (Å²) in [7, 11) is 0. The summed E-state index contributed by atoms with van der Waals surface area (Å²) in [5, 5.41) is 5.33. The maximum atomic E-state index is 11.7. The van der Waals surface area contributed by atoms with E-state index >= 15 is 0 Å². The Morgan fingerprint density at radius 2 is 2.16 bits per heavy atom. The van der Waals surface area contributed by atoms with Gasteiger partial charge in [0, 0.05) is 4.88 Å². The zero-order chi connectivity index (χ0) is 13.7. The largest absolute Gasteiger partial charge is 0.482 e. The fraction of sp³-hybridized carbons (Fsp3) is 0.214. The van der Waals surface area contributed by atoms with Gasteiger partial charge in [0.2, 0.25) is 0 Å². The molecule has 2 rings (SSSR count). The van der Waals surface area contributed by atoms with Crippen molar-refractivity contribution < 1.29 is 9.53 Å². The molecule has 0 aliphatic carbocycles. The molecule has 0 bridgehead atoms. The van der Waals surface area contributed by atoms with E-state index in [4.69, 9.17) is 16.3 Å². The maximum absolute atomic E-state index is 11.7. The minimum Gasteiger partial charge on any atom is -0.482 e. The van der Waals surface area contributed by atoms with Gasteiger partial charge in [-0.05, 0) is 36.1 Å². The Morgan fingerprint density at radius 1 is 1.37 bits per heavy atom. The SMILES string of the molecule is Cc1ccsc1CNC(=O)COc1ccccc1Cl. The van der Waals surface area contributed by atoms with Gasteiger partial charge < -0.3 is 10.1 Å². The summed E-state index contributed by atoms with van der Waals surface area (Å²) < 4.78 is 5.36. The Hall–Kier alpha value is -1.52. The van der Waals surface area contributed by atoms with E-state index in [0.29, 0.717) is 17.3 Å². The second-order valence-electron chi connectivity index (χ2n) is 4.02. The molecule has 1 N–H and O–H groups in total. The number of aryl methyl sites for hydroxylation is 1. The summed E-state index contributed by atoms with van der Waals surface area (Å²) in [6.07, 6.45) is 0. The highest BCUT2D eigenvalue weighted by Crippen LogP contribution is 2.22. The lowest BCUT2D eigenvalue weighted by atomic mass is 10.3. The molecule has 1 amide bonds. The van der Waals surface area contributed by atoms with Gasteiger partial charge in [-0.15, -0.1) is 11.3 Å². The van der Waals surface area contributed by atoms with Crippen LogP contribution in [0, 0.1) is 6.92 Å². The van der Waals surface area contributed by atoms with Crippen molar-refractivity contribution in [1.29, 1.82) is 0 Å². The molecule has 0 saturated carbocycles. The van der Waals surface area contributed by atoms with Crippen LogP contribution in [0.4, 0.5) is 0 Å². The normalized spacial score (nSPS) is 10.2. The Kier molecular flexibility index (Phi) is 4.82. The third-order valence-corrected chi connectivity index (χ3v) is 3.94. The molecule has 19 heavy (non-hydrogen) atoms. The minimum absolute atomic E-state index is 0.0336. The highest BCUT2D eigenvalue weighted by Gasteiger charge is 2.06. The summed E-state index contributed by atoms with van der Waals surface area (Å²) in [5.74, 6) is 0.361. The van der Waals surface area contributed by atoms with Crippen molar-refractivity contribution in [3.05, 3.63) is 51.2 Å². The van der Waals surface area contributed by atoms with Crippen LogP contribution in [0.3, 0.4) is 0 Å². The van der Waals surface area contributed by atoms with E-state index in [-0.39, 0.29) is 12.5 Å². The maximum Gasteiger partial charge on any atom is 0.258 e. The van der Waals surface area contributed by atoms with Gasteiger partial charge in [-0.3, -0.25) is 4.79 Å². The predicted octanol–water partition coefficient (Wildman–Crippen LogP) is 3.41. The molecule has 3 nitrogen and oxygen atoms in total. The monoisotopic (exact) mass is 295 g/mol. The second kappa shape index (κ2) is 6.59. The van der Waals surface area contributed by atoms with Crippen molar-refractivity contribution in [2.75, 3.05) is 6.61 Å². The Labute approximate surface area is 121 Å². The molecular weight excluding hydrogens is 282 g/mol. The number of carbonyl (C=O) groups excluding carboxylic acids is 1. The van der Waals surface area contributed by atoms with Crippen molar-refractivity contribution in [3.63, 3.8) is 0 Å². The minimum atomic E-state index is -0.160. The lowest BCUT2D eigenvalue weighted by Crippen LogP contribution is -2.28. The molecule has 0 fully saturated rings. The van der Waals surface area contributed by atoms with Gasteiger partial charge in [0.1, 0.15) is 5.75 Å². The first-order valence-corrected chi connectivity index (χ1v) is 7.09. The summed E-state index contributed by atoms with van der Waals surface area (Å²) in [6, 6.07) is 9.12. The molecule has 100 valence electrons. The van der Waals surface area contributed by atoms with Gasteiger partial charge in [0.15, 0.2) is 6.61 Å². The number of halogens is 1. The van der Waals surface area contributed by atoms with Crippen LogP contribution in [0.25, 0.3) is 0 Å². The molecule has 1 aromatic heterocycles. The first-order chi connectivity index (χ1) is 9.16. The van der Waals surface area contributed by atoms with Crippen LogP contribution in [-0.2, 0) is 11.3 Å². The highest BCUT2D eigenvalue weighted by atomic mass is 35.5. The molecule has 2 aromatic rings. The lowest BCUT2D eigenvalue weighted by Gasteiger charge is -2.08. The van der Waals surface area contributed by atoms with Crippen LogP contribution in [0.1, 0.15) is 10.4 Å². The van der Waals surface area contributed by atoms with Gasteiger partial charge in [-0.25, -0.2) is 0 Å². The van der Waals surface area contributed by atoms with Crippen LogP contribution >= 0.6 is 22.9 Å². The fourth-order valence-corrected chi connectivity index (χ4v) is 2.56. The predicted molar refractivity (Wildman–Crippen MR) is 77.8 cm³/mol. The van der Waals surface area contributed by atoms with Gasteiger partial charge in [-0.1, -0.05) is 23.7 Å². The smallest absolute Gasteiger partial charge is 0.258 e. The third-order valence-electron chi connectivity index (χ3n) is 2.61. The molecule has 0 saturated heterocycles. The summed E-state index contributed by atoms with van der Waals surface area (Å²) in [5.41, 5.74) is 1.19. The summed E-state index contributed by atoms with van der Waals surface area (Å²) >= 11 is 7.56. The van der Waals surface area contributed by atoms with E-state index in [9.17, 15) is 4.79 Å². The van der Waals surface area contributed by atoms with Crippen molar-refractivity contribution >= 4 is 28.8 Å². The third kappa shape index (κ3) is 3.98. The summed E-state index contributed by atoms with van der Waals surface area (Å²) in [6.45, 7) is 2.53. The molecule has 0 aliphatic heterocycles. The van der Waals surface area contributed by atoms with Gasteiger partial charge >= 0.3 is 0 Å². The molecule has 0 spiro atoms. The molecule has 0 aliphatic rings. The molecule has 0 atom stereocenters. The number of hydrogen-bond acceptors (Lipinski definition) is 3. The molecule has 0 unspecified atom stereocenters. The number of nitrogens with one attached hydrogen (secondary N) is 1. The van der Waals surface area contributed by atoms with Crippen molar-refractivity contribution in [2.24, 2.45) is 0 Å². The number of thiophene rings is 1. The van der Waals surface area contributed by atoms with E-state index in [1.165, 1.54) is 5.56 Å². The number of carbonyl (C=O) groups is 1. The molecule has 1 aromatic carbocycles. The van der Waals surface area contributed by atoms with Gasteiger partial charge in [0.25, 0.3) is 5.91 Å². The Morgan fingerprint density at radius 3 is 2.84 bits per heavy atom. The highest BCUT2D eigenvalue weighted by molar-refractivity contribution is 7.10. The first-order valence-electron chi connectivity index (χ1n) is 5.84. The number of para-hydroxylation sites is 1. The Balaban J connectivity index is 1.79. The molecule has 0 radical (unpaired) electrons. The van der Waals surface area contributed by atoms with E-state index in [0.717, 1.165) is 4.88 Å². The quantitative estimate of drug-likeness (QED) is 0.918. The average Bonchev–Trinajstić information content (AvgIpc) is 2.81. The van der Waals surface area contributed by atoms with Crippen LogP contribution < -0.4 is 10.1 Å².